The minimum Gasteiger partial charge on any atom is -0.314 e. The molecule has 12 heavy (non-hydrogen) atoms. The lowest BCUT2D eigenvalue weighted by molar-refractivity contribution is 0.175. The molecular weight excluding hydrogens is 168 g/mol. The number of rotatable bonds is 4. The van der Waals surface area contributed by atoms with Gasteiger partial charge in [-0.15, -0.1) is 0 Å². The molecule has 1 aliphatic heterocycles. The summed E-state index contributed by atoms with van der Waals surface area (Å²) in [5.74, 6) is 1.30. The van der Waals surface area contributed by atoms with Crippen molar-refractivity contribution in [1.82, 2.24) is 10.2 Å². The van der Waals surface area contributed by atoms with E-state index in [2.05, 4.69) is 23.4 Å². The van der Waals surface area contributed by atoms with Gasteiger partial charge in [-0.3, -0.25) is 4.90 Å². The minimum atomic E-state index is 0.737. The number of hydrogen-bond acceptors (Lipinski definition) is 3. The summed E-state index contributed by atoms with van der Waals surface area (Å²) >= 11 is 1.95. The normalized spacial score (nSPS) is 26.0. The highest BCUT2D eigenvalue weighted by Gasteiger charge is 2.16. The van der Waals surface area contributed by atoms with Crippen LogP contribution >= 0.6 is 11.8 Å². The summed E-state index contributed by atoms with van der Waals surface area (Å²) in [6, 6.07) is 0.737. The zero-order valence-electron chi connectivity index (χ0n) is 8.18. The molecule has 3 heteroatoms. The van der Waals surface area contributed by atoms with Crippen molar-refractivity contribution in [3.63, 3.8) is 0 Å². The van der Waals surface area contributed by atoms with Gasteiger partial charge >= 0.3 is 0 Å². The molecule has 0 aromatic heterocycles. The van der Waals surface area contributed by atoms with Gasteiger partial charge in [0.15, 0.2) is 0 Å². The lowest BCUT2D eigenvalue weighted by atomic mass is 10.2. The first kappa shape index (κ1) is 10.4. The van der Waals surface area contributed by atoms with Gasteiger partial charge in [-0.2, -0.15) is 11.8 Å². The van der Waals surface area contributed by atoms with Crippen molar-refractivity contribution in [2.45, 2.75) is 19.4 Å². The Morgan fingerprint density at radius 3 is 3.08 bits per heavy atom. The zero-order valence-corrected chi connectivity index (χ0v) is 8.99. The summed E-state index contributed by atoms with van der Waals surface area (Å²) in [6.45, 7) is 7.16. The summed E-state index contributed by atoms with van der Waals surface area (Å²) in [7, 11) is 0. The molecule has 1 atom stereocenters. The van der Waals surface area contributed by atoms with Crippen LogP contribution in [0.3, 0.4) is 0 Å². The smallest absolute Gasteiger partial charge is 0.0192 e. The molecule has 72 valence electrons. The first-order valence-corrected chi connectivity index (χ1v) is 6.17. The summed E-state index contributed by atoms with van der Waals surface area (Å²) in [6.07, 6.45) is 3.52. The molecule has 1 N–H and O–H groups in total. The minimum absolute atomic E-state index is 0.737. The van der Waals surface area contributed by atoms with Gasteiger partial charge in [0, 0.05) is 25.7 Å². The number of nitrogens with one attached hydrogen (secondary N) is 1. The summed E-state index contributed by atoms with van der Waals surface area (Å²) in [5, 5.41) is 3.41. The van der Waals surface area contributed by atoms with Crippen molar-refractivity contribution in [2.24, 2.45) is 0 Å². The van der Waals surface area contributed by atoms with Crippen molar-refractivity contribution in [2.75, 3.05) is 38.2 Å². The van der Waals surface area contributed by atoms with E-state index in [-0.39, 0.29) is 0 Å². The SMILES string of the molecule is CSCCCN1CCNCC1C. The molecule has 0 saturated carbocycles. The van der Waals surface area contributed by atoms with Crippen LogP contribution < -0.4 is 5.32 Å². The second kappa shape index (κ2) is 5.84. The van der Waals surface area contributed by atoms with Gasteiger partial charge in [-0.05, 0) is 31.9 Å². The van der Waals surface area contributed by atoms with E-state index in [1.807, 2.05) is 11.8 Å². The fourth-order valence-corrected chi connectivity index (χ4v) is 2.05. The van der Waals surface area contributed by atoms with E-state index >= 15 is 0 Å². The standard InChI is InChI=1S/C9H20N2S/c1-9-8-10-4-6-11(9)5-3-7-12-2/h9-10H,3-8H2,1-2H3. The Labute approximate surface area is 80.1 Å². The highest BCUT2D eigenvalue weighted by molar-refractivity contribution is 7.98. The maximum Gasteiger partial charge on any atom is 0.0192 e. The maximum atomic E-state index is 3.41. The van der Waals surface area contributed by atoms with E-state index in [0.29, 0.717) is 0 Å². The maximum absolute atomic E-state index is 3.41. The lowest BCUT2D eigenvalue weighted by Gasteiger charge is -2.33. The fraction of sp³-hybridized carbons (Fsp3) is 1.00. The second-order valence-electron chi connectivity index (χ2n) is 3.44. The number of hydrogen-bond donors (Lipinski definition) is 1. The average molecular weight is 188 g/mol. The molecule has 1 fully saturated rings. The van der Waals surface area contributed by atoms with E-state index < -0.39 is 0 Å². The van der Waals surface area contributed by atoms with Crippen LogP contribution in [-0.4, -0.2) is 49.1 Å². The molecule has 0 aromatic carbocycles. The highest BCUT2D eigenvalue weighted by atomic mass is 32.2. The summed E-state index contributed by atoms with van der Waals surface area (Å²) < 4.78 is 0. The first-order valence-electron chi connectivity index (χ1n) is 4.78. The van der Waals surface area contributed by atoms with Gasteiger partial charge in [0.1, 0.15) is 0 Å². The Morgan fingerprint density at radius 1 is 1.58 bits per heavy atom. The van der Waals surface area contributed by atoms with E-state index in [4.69, 9.17) is 0 Å². The third kappa shape index (κ3) is 3.33. The van der Waals surface area contributed by atoms with Gasteiger partial charge in [0.25, 0.3) is 0 Å². The Hall–Kier alpha value is 0.270. The molecule has 1 aliphatic rings. The molecule has 0 aliphatic carbocycles. The summed E-state index contributed by atoms with van der Waals surface area (Å²) in [4.78, 5) is 2.59. The molecule has 1 saturated heterocycles. The van der Waals surface area contributed by atoms with Gasteiger partial charge in [0.05, 0.1) is 0 Å². The Morgan fingerprint density at radius 2 is 2.42 bits per heavy atom. The van der Waals surface area contributed by atoms with Gasteiger partial charge in [-0.1, -0.05) is 0 Å². The largest absolute Gasteiger partial charge is 0.314 e. The monoisotopic (exact) mass is 188 g/mol. The van der Waals surface area contributed by atoms with E-state index in [9.17, 15) is 0 Å². The van der Waals surface area contributed by atoms with Crippen molar-refractivity contribution in [1.29, 1.82) is 0 Å². The Bertz CT molecular complexity index is 119. The molecule has 0 radical (unpaired) electrons. The van der Waals surface area contributed by atoms with Crippen molar-refractivity contribution in [3.8, 4) is 0 Å². The first-order chi connectivity index (χ1) is 5.84. The van der Waals surface area contributed by atoms with Crippen molar-refractivity contribution < 1.29 is 0 Å². The Balaban J connectivity index is 2.11. The topological polar surface area (TPSA) is 15.3 Å². The lowest BCUT2D eigenvalue weighted by Crippen LogP contribution is -2.49. The molecule has 2 nitrogen and oxygen atoms in total. The zero-order chi connectivity index (χ0) is 8.81. The number of nitrogens with zero attached hydrogens (tertiary/aromatic N) is 1. The molecule has 0 bridgehead atoms. The van der Waals surface area contributed by atoms with Crippen LogP contribution in [0, 0.1) is 0 Å². The van der Waals surface area contributed by atoms with Crippen LogP contribution in [-0.2, 0) is 0 Å². The van der Waals surface area contributed by atoms with Crippen LogP contribution in [0.4, 0.5) is 0 Å². The van der Waals surface area contributed by atoms with E-state index in [0.717, 1.165) is 6.04 Å². The fourth-order valence-electron chi connectivity index (χ4n) is 1.63. The highest BCUT2D eigenvalue weighted by Crippen LogP contribution is 2.04. The third-order valence-corrected chi connectivity index (χ3v) is 3.13. The van der Waals surface area contributed by atoms with E-state index in [1.165, 1.54) is 38.4 Å². The van der Waals surface area contributed by atoms with Gasteiger partial charge in [0.2, 0.25) is 0 Å². The van der Waals surface area contributed by atoms with Crippen LogP contribution in [0.25, 0.3) is 0 Å². The average Bonchev–Trinajstić information content (AvgIpc) is 2.09. The molecule has 1 heterocycles. The number of thioether (sulfide) groups is 1. The molecule has 0 aromatic rings. The molecule has 1 rings (SSSR count). The molecule has 0 spiro atoms. The molecule has 0 amide bonds. The van der Waals surface area contributed by atoms with Crippen molar-refractivity contribution >= 4 is 11.8 Å². The quantitative estimate of drug-likeness (QED) is 0.664. The predicted octanol–water partition coefficient (Wildman–Crippen LogP) is 1.03. The summed E-state index contributed by atoms with van der Waals surface area (Å²) in [5.41, 5.74) is 0. The van der Waals surface area contributed by atoms with Gasteiger partial charge < -0.3 is 5.32 Å². The van der Waals surface area contributed by atoms with Crippen LogP contribution in [0.15, 0.2) is 0 Å². The third-order valence-electron chi connectivity index (χ3n) is 2.43. The second-order valence-corrected chi connectivity index (χ2v) is 4.42. The molecular formula is C9H20N2S. The Kier molecular flexibility index (Phi) is 5.04. The predicted molar refractivity (Wildman–Crippen MR) is 56.9 cm³/mol. The van der Waals surface area contributed by atoms with Crippen LogP contribution in [0.1, 0.15) is 13.3 Å². The molecule has 1 unspecified atom stereocenters. The van der Waals surface area contributed by atoms with E-state index in [1.54, 1.807) is 0 Å². The van der Waals surface area contributed by atoms with Crippen molar-refractivity contribution in [3.05, 3.63) is 0 Å². The van der Waals surface area contributed by atoms with Crippen LogP contribution in [0.2, 0.25) is 0 Å². The van der Waals surface area contributed by atoms with Gasteiger partial charge in [-0.25, -0.2) is 0 Å². The number of piperazine rings is 1. The van der Waals surface area contributed by atoms with Crippen LogP contribution in [0.5, 0.6) is 0 Å².